The Balaban J connectivity index is 1.81. The van der Waals surface area contributed by atoms with Crippen molar-refractivity contribution in [2.24, 2.45) is 0 Å². The molecule has 0 aliphatic carbocycles. The Bertz CT molecular complexity index is 489. The van der Waals surface area contributed by atoms with Crippen LogP contribution in [0.5, 0.6) is 0 Å². The second-order valence-corrected chi connectivity index (χ2v) is 7.40. The normalized spacial score (nSPS) is 24.7. The number of carbonyl (C=O) groups excluding carboxylic acids is 2. The Morgan fingerprint density at radius 1 is 1.38 bits per heavy atom. The summed E-state index contributed by atoms with van der Waals surface area (Å²) in [7, 11) is -3.20. The van der Waals surface area contributed by atoms with Gasteiger partial charge in [-0.3, -0.25) is 14.9 Å². The fourth-order valence-electron chi connectivity index (χ4n) is 2.52. The zero-order chi connectivity index (χ0) is 15.5. The first-order chi connectivity index (χ1) is 9.91. The summed E-state index contributed by atoms with van der Waals surface area (Å²) in [6, 6.07) is -0.482. The molecule has 120 valence electrons. The third kappa shape index (κ3) is 4.39. The van der Waals surface area contributed by atoms with E-state index in [1.165, 1.54) is 0 Å². The molecule has 2 amide bonds. The summed E-state index contributed by atoms with van der Waals surface area (Å²) in [4.78, 5) is 25.1. The molecular formula is C12H22N4O4S. The molecule has 8 nitrogen and oxygen atoms in total. The average Bonchev–Trinajstić information content (AvgIpc) is 2.48. The molecule has 1 unspecified atom stereocenters. The molecule has 0 aromatic carbocycles. The van der Waals surface area contributed by atoms with Crippen LogP contribution in [0.3, 0.4) is 0 Å². The highest BCUT2D eigenvalue weighted by Gasteiger charge is 2.31. The van der Waals surface area contributed by atoms with Crippen LogP contribution in [0.2, 0.25) is 0 Å². The van der Waals surface area contributed by atoms with Gasteiger partial charge in [-0.2, -0.15) is 0 Å². The predicted molar refractivity (Wildman–Crippen MR) is 77.0 cm³/mol. The fourth-order valence-corrected chi connectivity index (χ4v) is 3.43. The Kier molecular flexibility index (Phi) is 5.17. The SMILES string of the molecule is CCS(=O)(=O)NC1CCN(C(=O)C2CNC(=O)CN2)CC1. The van der Waals surface area contributed by atoms with Crippen molar-refractivity contribution in [3.05, 3.63) is 0 Å². The molecule has 3 N–H and O–H groups in total. The Morgan fingerprint density at radius 3 is 2.57 bits per heavy atom. The van der Waals surface area contributed by atoms with Crippen LogP contribution in [0, 0.1) is 0 Å². The fraction of sp³-hybridized carbons (Fsp3) is 0.833. The van der Waals surface area contributed by atoms with Crippen molar-refractivity contribution in [1.82, 2.24) is 20.3 Å². The molecule has 0 radical (unpaired) electrons. The van der Waals surface area contributed by atoms with Gasteiger partial charge in [0.15, 0.2) is 0 Å². The van der Waals surface area contributed by atoms with Gasteiger partial charge in [0.05, 0.1) is 12.3 Å². The van der Waals surface area contributed by atoms with Crippen molar-refractivity contribution in [2.45, 2.75) is 31.8 Å². The van der Waals surface area contributed by atoms with E-state index in [1.807, 2.05) is 0 Å². The van der Waals surface area contributed by atoms with Crippen LogP contribution in [-0.4, -0.2) is 69.1 Å². The van der Waals surface area contributed by atoms with Gasteiger partial charge in [0, 0.05) is 25.7 Å². The molecule has 21 heavy (non-hydrogen) atoms. The summed E-state index contributed by atoms with van der Waals surface area (Å²) in [5, 5.41) is 5.57. The maximum Gasteiger partial charge on any atom is 0.241 e. The van der Waals surface area contributed by atoms with Crippen molar-refractivity contribution in [3.63, 3.8) is 0 Å². The molecule has 0 aromatic rings. The highest BCUT2D eigenvalue weighted by Crippen LogP contribution is 2.13. The number of rotatable bonds is 4. The number of piperidine rings is 1. The summed E-state index contributed by atoms with van der Waals surface area (Å²) >= 11 is 0. The summed E-state index contributed by atoms with van der Waals surface area (Å²) in [5.41, 5.74) is 0. The van der Waals surface area contributed by atoms with E-state index in [0.717, 1.165) is 0 Å². The monoisotopic (exact) mass is 318 g/mol. The minimum absolute atomic E-state index is 0.0354. The first-order valence-corrected chi connectivity index (χ1v) is 8.85. The lowest BCUT2D eigenvalue weighted by Gasteiger charge is -2.35. The molecule has 0 bridgehead atoms. The van der Waals surface area contributed by atoms with E-state index in [-0.39, 0.29) is 36.2 Å². The van der Waals surface area contributed by atoms with Gasteiger partial charge in [-0.1, -0.05) is 0 Å². The summed E-state index contributed by atoms with van der Waals surface area (Å²) in [6.07, 6.45) is 1.23. The van der Waals surface area contributed by atoms with Crippen LogP contribution >= 0.6 is 0 Å². The first kappa shape index (κ1) is 16.2. The van der Waals surface area contributed by atoms with E-state index in [1.54, 1.807) is 11.8 Å². The van der Waals surface area contributed by atoms with E-state index in [2.05, 4.69) is 15.4 Å². The summed E-state index contributed by atoms with van der Waals surface area (Å²) in [6.45, 7) is 3.12. The number of amides is 2. The largest absolute Gasteiger partial charge is 0.353 e. The van der Waals surface area contributed by atoms with Gasteiger partial charge < -0.3 is 10.2 Å². The van der Waals surface area contributed by atoms with Crippen LogP contribution in [0.1, 0.15) is 19.8 Å². The highest BCUT2D eigenvalue weighted by atomic mass is 32.2. The Morgan fingerprint density at radius 2 is 2.05 bits per heavy atom. The topological polar surface area (TPSA) is 108 Å². The van der Waals surface area contributed by atoms with Crippen molar-refractivity contribution in [3.8, 4) is 0 Å². The summed E-state index contributed by atoms with van der Waals surface area (Å²) in [5.74, 6) is -0.0730. The molecule has 2 fully saturated rings. The highest BCUT2D eigenvalue weighted by molar-refractivity contribution is 7.89. The number of sulfonamides is 1. The zero-order valence-electron chi connectivity index (χ0n) is 12.1. The maximum atomic E-state index is 12.3. The molecule has 0 spiro atoms. The molecule has 9 heteroatoms. The van der Waals surface area contributed by atoms with E-state index < -0.39 is 10.0 Å². The minimum atomic E-state index is -3.20. The number of carbonyl (C=O) groups is 2. The van der Waals surface area contributed by atoms with Gasteiger partial charge in [-0.15, -0.1) is 0 Å². The van der Waals surface area contributed by atoms with Crippen LogP contribution in [0.25, 0.3) is 0 Å². The molecular weight excluding hydrogens is 296 g/mol. The molecule has 1 atom stereocenters. The number of likely N-dealkylation sites (tertiary alicyclic amines) is 1. The third-order valence-electron chi connectivity index (χ3n) is 3.84. The predicted octanol–water partition coefficient (Wildman–Crippen LogP) is -2.00. The number of hydrogen-bond donors (Lipinski definition) is 3. The number of hydrogen-bond acceptors (Lipinski definition) is 5. The van der Waals surface area contributed by atoms with Crippen LogP contribution in [0.15, 0.2) is 0 Å². The van der Waals surface area contributed by atoms with Crippen molar-refractivity contribution in [1.29, 1.82) is 0 Å². The molecule has 0 aromatic heterocycles. The Labute approximate surface area is 124 Å². The van der Waals surface area contributed by atoms with Crippen molar-refractivity contribution < 1.29 is 18.0 Å². The lowest BCUT2D eigenvalue weighted by atomic mass is 10.0. The number of piperazine rings is 1. The quantitative estimate of drug-likeness (QED) is 0.556. The third-order valence-corrected chi connectivity index (χ3v) is 5.30. The van der Waals surface area contributed by atoms with E-state index in [9.17, 15) is 18.0 Å². The second-order valence-electron chi connectivity index (χ2n) is 5.36. The molecule has 2 rings (SSSR count). The van der Waals surface area contributed by atoms with E-state index >= 15 is 0 Å². The van der Waals surface area contributed by atoms with E-state index in [4.69, 9.17) is 0 Å². The van der Waals surface area contributed by atoms with Gasteiger partial charge in [0.2, 0.25) is 21.8 Å². The minimum Gasteiger partial charge on any atom is -0.353 e. The summed E-state index contributed by atoms with van der Waals surface area (Å²) < 4.78 is 25.7. The second kappa shape index (κ2) is 6.71. The molecule has 2 aliphatic heterocycles. The van der Waals surface area contributed by atoms with Gasteiger partial charge >= 0.3 is 0 Å². The average molecular weight is 318 g/mol. The number of nitrogens with one attached hydrogen (secondary N) is 3. The molecule has 2 heterocycles. The lowest BCUT2D eigenvalue weighted by Crippen LogP contribution is -2.60. The van der Waals surface area contributed by atoms with Crippen molar-refractivity contribution >= 4 is 21.8 Å². The van der Waals surface area contributed by atoms with Crippen LogP contribution < -0.4 is 15.4 Å². The first-order valence-electron chi connectivity index (χ1n) is 7.20. The van der Waals surface area contributed by atoms with Gasteiger partial charge in [-0.05, 0) is 19.8 Å². The Hall–Kier alpha value is -1.19. The van der Waals surface area contributed by atoms with Gasteiger partial charge in [0.1, 0.15) is 6.04 Å². The van der Waals surface area contributed by atoms with Crippen LogP contribution in [-0.2, 0) is 19.6 Å². The van der Waals surface area contributed by atoms with Crippen LogP contribution in [0.4, 0.5) is 0 Å². The molecule has 2 saturated heterocycles. The lowest BCUT2D eigenvalue weighted by molar-refractivity contribution is -0.135. The zero-order valence-corrected chi connectivity index (χ0v) is 12.9. The van der Waals surface area contributed by atoms with Gasteiger partial charge in [-0.25, -0.2) is 13.1 Å². The van der Waals surface area contributed by atoms with Crippen molar-refractivity contribution in [2.75, 3.05) is 31.9 Å². The maximum absolute atomic E-state index is 12.3. The molecule has 2 aliphatic rings. The smallest absolute Gasteiger partial charge is 0.241 e. The number of nitrogens with zero attached hydrogens (tertiary/aromatic N) is 1. The standard InChI is InChI=1S/C12H22N4O4S/c1-2-21(19,20)15-9-3-5-16(6-4-9)12(18)10-7-14-11(17)8-13-10/h9-10,13,15H,2-8H2,1H3,(H,14,17). The van der Waals surface area contributed by atoms with Gasteiger partial charge in [0.25, 0.3) is 0 Å². The molecule has 0 saturated carbocycles. The van der Waals surface area contributed by atoms with E-state index in [0.29, 0.717) is 32.5 Å².